The lowest BCUT2D eigenvalue weighted by molar-refractivity contribution is 0.0663. The quantitative estimate of drug-likeness (QED) is 0.433. The smallest absolute Gasteiger partial charge is 0.371 e. The normalized spacial score (nSPS) is 10.8. The summed E-state index contributed by atoms with van der Waals surface area (Å²) in [7, 11) is 0. The number of nitrogens with one attached hydrogen (secondary N) is 1. The van der Waals surface area contributed by atoms with Crippen LogP contribution in [0.5, 0.6) is 0 Å². The van der Waals surface area contributed by atoms with Crippen LogP contribution < -0.4 is 5.32 Å². The topological polar surface area (TPSA) is 62.5 Å². The minimum Gasteiger partial charge on any atom is -0.475 e. The molecule has 4 heteroatoms. The van der Waals surface area contributed by atoms with E-state index in [1.807, 2.05) is 0 Å². The van der Waals surface area contributed by atoms with Gasteiger partial charge in [0, 0.05) is 12.6 Å². The van der Waals surface area contributed by atoms with Crippen LogP contribution in [-0.4, -0.2) is 17.6 Å². The monoisotopic (exact) mass is 309 g/mol. The third kappa shape index (κ3) is 8.75. The number of carbonyl (C=O) groups is 1. The van der Waals surface area contributed by atoms with Crippen LogP contribution in [-0.2, 0) is 0 Å². The van der Waals surface area contributed by atoms with Gasteiger partial charge in [0.1, 0.15) is 0 Å². The summed E-state index contributed by atoms with van der Waals surface area (Å²) in [5.74, 6) is -0.492. The summed E-state index contributed by atoms with van der Waals surface area (Å²) in [6, 6.07) is 3.15. The van der Waals surface area contributed by atoms with Gasteiger partial charge in [-0.15, -0.1) is 0 Å². The van der Waals surface area contributed by atoms with E-state index in [-0.39, 0.29) is 5.76 Å². The Morgan fingerprint density at radius 3 is 2.00 bits per heavy atom. The minimum atomic E-state index is -1.03. The van der Waals surface area contributed by atoms with E-state index < -0.39 is 5.97 Å². The van der Waals surface area contributed by atoms with Gasteiger partial charge in [0.2, 0.25) is 5.76 Å². The van der Waals surface area contributed by atoms with E-state index in [1.165, 1.54) is 70.3 Å². The third-order valence-corrected chi connectivity index (χ3v) is 3.90. The summed E-state index contributed by atoms with van der Waals surface area (Å²) in [4.78, 5) is 10.7. The van der Waals surface area contributed by atoms with Crippen molar-refractivity contribution in [3.05, 3.63) is 17.9 Å². The Balaban J connectivity index is 1.86. The number of furan rings is 1. The van der Waals surface area contributed by atoms with E-state index in [2.05, 4.69) is 12.2 Å². The Morgan fingerprint density at radius 2 is 1.50 bits per heavy atom. The zero-order valence-corrected chi connectivity index (χ0v) is 13.9. The molecule has 0 amide bonds. The Hall–Kier alpha value is -1.45. The van der Waals surface area contributed by atoms with E-state index in [1.54, 1.807) is 6.07 Å². The number of rotatable bonds is 14. The molecule has 22 heavy (non-hydrogen) atoms. The predicted molar refractivity (Wildman–Crippen MR) is 90.6 cm³/mol. The fourth-order valence-corrected chi connectivity index (χ4v) is 2.55. The van der Waals surface area contributed by atoms with Crippen LogP contribution in [0.3, 0.4) is 0 Å². The number of carboxylic acids is 1. The van der Waals surface area contributed by atoms with Gasteiger partial charge in [-0.2, -0.15) is 0 Å². The maximum atomic E-state index is 10.7. The first-order valence-electron chi connectivity index (χ1n) is 8.81. The molecule has 126 valence electrons. The standard InChI is InChI=1S/C18H31NO3/c1-2-3-4-5-6-7-8-9-10-11-12-15-19-17-14-13-16(22-17)18(20)21/h13-14,19H,2-12,15H2,1H3,(H,20,21). The molecule has 0 aliphatic heterocycles. The predicted octanol–water partition coefficient (Wildman–Crippen LogP) is 5.70. The molecule has 0 fully saturated rings. The maximum Gasteiger partial charge on any atom is 0.371 e. The molecular formula is C18H31NO3. The number of hydrogen-bond acceptors (Lipinski definition) is 3. The molecule has 0 spiro atoms. The zero-order chi connectivity index (χ0) is 16.0. The van der Waals surface area contributed by atoms with E-state index in [0.29, 0.717) is 5.88 Å². The molecule has 0 atom stereocenters. The number of unbranched alkanes of at least 4 members (excludes halogenated alkanes) is 10. The molecule has 1 aromatic heterocycles. The highest BCUT2D eigenvalue weighted by molar-refractivity contribution is 5.84. The summed E-state index contributed by atoms with van der Waals surface area (Å²) < 4.78 is 5.13. The Morgan fingerprint density at radius 1 is 0.955 bits per heavy atom. The summed E-state index contributed by atoms with van der Waals surface area (Å²) in [6.07, 6.45) is 14.6. The first-order valence-corrected chi connectivity index (χ1v) is 8.81. The number of aromatic carboxylic acids is 1. The fraction of sp³-hybridized carbons (Fsp3) is 0.722. The molecule has 0 saturated heterocycles. The fourth-order valence-electron chi connectivity index (χ4n) is 2.55. The van der Waals surface area contributed by atoms with Crippen molar-refractivity contribution >= 4 is 11.9 Å². The highest BCUT2D eigenvalue weighted by Crippen LogP contribution is 2.14. The van der Waals surface area contributed by atoms with Crippen LogP contribution in [0.25, 0.3) is 0 Å². The van der Waals surface area contributed by atoms with Crippen molar-refractivity contribution in [3.8, 4) is 0 Å². The van der Waals surface area contributed by atoms with Crippen molar-refractivity contribution < 1.29 is 14.3 Å². The molecule has 0 radical (unpaired) electrons. The Labute approximate surface area is 134 Å². The second-order valence-corrected chi connectivity index (χ2v) is 5.93. The van der Waals surface area contributed by atoms with Crippen molar-refractivity contribution in [2.75, 3.05) is 11.9 Å². The molecule has 0 aromatic carbocycles. The molecule has 1 aromatic rings. The molecule has 4 nitrogen and oxygen atoms in total. The highest BCUT2D eigenvalue weighted by atomic mass is 16.4. The van der Waals surface area contributed by atoms with Crippen molar-refractivity contribution in [1.82, 2.24) is 0 Å². The summed E-state index contributed by atoms with van der Waals surface area (Å²) in [5.41, 5.74) is 0. The van der Waals surface area contributed by atoms with Crippen molar-refractivity contribution in [3.63, 3.8) is 0 Å². The zero-order valence-electron chi connectivity index (χ0n) is 13.9. The second-order valence-electron chi connectivity index (χ2n) is 5.93. The molecule has 0 unspecified atom stereocenters. The van der Waals surface area contributed by atoms with Crippen LogP contribution >= 0.6 is 0 Å². The van der Waals surface area contributed by atoms with Gasteiger partial charge in [-0.25, -0.2) is 4.79 Å². The first kappa shape index (κ1) is 18.6. The summed E-state index contributed by atoms with van der Waals surface area (Å²) in [6.45, 7) is 3.09. The van der Waals surface area contributed by atoms with Gasteiger partial charge in [-0.1, -0.05) is 71.1 Å². The maximum absolute atomic E-state index is 10.7. The van der Waals surface area contributed by atoms with Crippen LogP contribution in [0, 0.1) is 0 Å². The molecule has 1 rings (SSSR count). The molecule has 0 saturated carbocycles. The minimum absolute atomic E-state index is 0.0126. The number of hydrogen-bond donors (Lipinski definition) is 2. The molecule has 0 bridgehead atoms. The van der Waals surface area contributed by atoms with E-state index >= 15 is 0 Å². The van der Waals surface area contributed by atoms with Gasteiger partial charge in [-0.05, 0) is 12.5 Å². The number of carboxylic acid groups (broad SMARTS) is 1. The second kappa shape index (κ2) is 12.1. The van der Waals surface area contributed by atoms with Gasteiger partial charge >= 0.3 is 5.97 Å². The van der Waals surface area contributed by atoms with Crippen LogP contribution in [0.2, 0.25) is 0 Å². The average molecular weight is 309 g/mol. The largest absolute Gasteiger partial charge is 0.475 e. The lowest BCUT2D eigenvalue weighted by atomic mass is 10.1. The molecular weight excluding hydrogens is 278 g/mol. The van der Waals surface area contributed by atoms with Gasteiger partial charge in [0.15, 0.2) is 5.88 Å². The van der Waals surface area contributed by atoms with Crippen molar-refractivity contribution in [2.24, 2.45) is 0 Å². The lowest BCUT2D eigenvalue weighted by Crippen LogP contribution is -2.00. The highest BCUT2D eigenvalue weighted by Gasteiger charge is 2.07. The van der Waals surface area contributed by atoms with Gasteiger partial charge in [-0.3, -0.25) is 0 Å². The molecule has 2 N–H and O–H groups in total. The van der Waals surface area contributed by atoms with E-state index in [9.17, 15) is 4.79 Å². The summed E-state index contributed by atoms with van der Waals surface area (Å²) >= 11 is 0. The SMILES string of the molecule is CCCCCCCCCCCCCNc1ccc(C(=O)O)o1. The number of anilines is 1. The first-order chi connectivity index (χ1) is 10.7. The van der Waals surface area contributed by atoms with Crippen LogP contribution in [0.4, 0.5) is 5.88 Å². The van der Waals surface area contributed by atoms with Gasteiger partial charge in [0.05, 0.1) is 0 Å². The average Bonchev–Trinajstić information content (AvgIpc) is 2.97. The van der Waals surface area contributed by atoms with Crippen LogP contribution in [0.1, 0.15) is 88.1 Å². The summed E-state index contributed by atoms with van der Waals surface area (Å²) in [5, 5.41) is 11.9. The van der Waals surface area contributed by atoms with E-state index in [0.717, 1.165) is 13.0 Å². The van der Waals surface area contributed by atoms with Crippen molar-refractivity contribution in [1.29, 1.82) is 0 Å². The van der Waals surface area contributed by atoms with Gasteiger partial charge < -0.3 is 14.8 Å². The molecule has 0 aliphatic carbocycles. The lowest BCUT2D eigenvalue weighted by Gasteiger charge is -2.04. The molecule has 1 heterocycles. The van der Waals surface area contributed by atoms with Crippen molar-refractivity contribution in [2.45, 2.75) is 77.6 Å². The Kier molecular flexibility index (Phi) is 10.3. The third-order valence-electron chi connectivity index (χ3n) is 3.90. The van der Waals surface area contributed by atoms with E-state index in [4.69, 9.17) is 9.52 Å². The Bertz CT molecular complexity index is 401. The van der Waals surface area contributed by atoms with Crippen LogP contribution in [0.15, 0.2) is 16.5 Å². The van der Waals surface area contributed by atoms with Gasteiger partial charge in [0.25, 0.3) is 0 Å². The molecule has 0 aliphatic rings.